The Hall–Kier alpha value is -3.70. The van der Waals surface area contributed by atoms with Gasteiger partial charge < -0.3 is 14.4 Å². The standard InChI is InChI=1S/C27H31FN8O2/c1-15-22(35(5)33-31-15)17-13-19-21(30-14-17)24-25(26(27(2,3)37)32-34(24)4)36(19)23(16-8-11-38-12-9-16)20-18(28)7-6-10-29-20/h6-7,10,13-14,16,23,37H,8-9,11-12H2,1-5H3/t23-/m0/s1. The van der Waals surface area contributed by atoms with Gasteiger partial charge in [0.05, 0.1) is 34.2 Å². The lowest BCUT2D eigenvalue weighted by Crippen LogP contribution is -2.29. The first-order chi connectivity index (χ1) is 18.2. The van der Waals surface area contributed by atoms with Gasteiger partial charge in [-0.2, -0.15) is 5.10 Å². The zero-order valence-corrected chi connectivity index (χ0v) is 22.2. The molecule has 6 heterocycles. The van der Waals surface area contributed by atoms with E-state index in [1.165, 1.54) is 6.07 Å². The SMILES string of the molecule is Cc1nnn(C)c1-c1cnc2c3c(c(C(C)(C)O)nn3C)n([C@H](c3ncccc3F)C3CCOCC3)c2c1. The smallest absolute Gasteiger partial charge is 0.146 e. The summed E-state index contributed by atoms with van der Waals surface area (Å²) in [6, 6.07) is 4.64. The molecule has 1 aliphatic heterocycles. The van der Waals surface area contributed by atoms with Crippen LogP contribution in [0.15, 0.2) is 30.6 Å². The minimum absolute atomic E-state index is 0.0468. The third kappa shape index (κ3) is 3.80. The van der Waals surface area contributed by atoms with E-state index < -0.39 is 11.6 Å². The monoisotopic (exact) mass is 518 g/mol. The summed E-state index contributed by atoms with van der Waals surface area (Å²) in [5.74, 6) is -0.325. The van der Waals surface area contributed by atoms with Crippen LogP contribution in [-0.4, -0.2) is 57.6 Å². The Labute approximate surface area is 219 Å². The van der Waals surface area contributed by atoms with E-state index in [0.717, 1.165) is 51.9 Å². The van der Waals surface area contributed by atoms with Gasteiger partial charge in [-0.25, -0.2) is 9.07 Å². The molecule has 5 aromatic heterocycles. The largest absolute Gasteiger partial charge is 0.384 e. The van der Waals surface area contributed by atoms with E-state index in [0.29, 0.717) is 24.6 Å². The van der Waals surface area contributed by atoms with Gasteiger partial charge in [0, 0.05) is 45.3 Å². The van der Waals surface area contributed by atoms with Crippen molar-refractivity contribution in [1.29, 1.82) is 0 Å². The molecule has 1 atom stereocenters. The Bertz CT molecular complexity index is 1640. The van der Waals surface area contributed by atoms with E-state index in [9.17, 15) is 5.11 Å². The van der Waals surface area contributed by atoms with Crippen LogP contribution in [0.1, 0.15) is 49.8 Å². The molecular weight excluding hydrogens is 487 g/mol. The third-order valence-corrected chi connectivity index (χ3v) is 7.52. The fourth-order valence-electron chi connectivity index (χ4n) is 5.84. The van der Waals surface area contributed by atoms with Crippen LogP contribution in [0.5, 0.6) is 0 Å². The highest BCUT2D eigenvalue weighted by Gasteiger charge is 2.37. The van der Waals surface area contributed by atoms with E-state index in [1.807, 2.05) is 21.0 Å². The topological polar surface area (TPSA) is 109 Å². The summed E-state index contributed by atoms with van der Waals surface area (Å²) in [5.41, 5.74) is 5.10. The van der Waals surface area contributed by atoms with Crippen molar-refractivity contribution in [3.05, 3.63) is 53.5 Å². The Morgan fingerprint density at radius 3 is 2.55 bits per heavy atom. The molecule has 0 aliphatic carbocycles. The molecule has 6 rings (SSSR count). The van der Waals surface area contributed by atoms with Gasteiger partial charge in [0.25, 0.3) is 0 Å². The predicted molar refractivity (Wildman–Crippen MR) is 140 cm³/mol. The van der Waals surface area contributed by atoms with Crippen LogP contribution >= 0.6 is 0 Å². The van der Waals surface area contributed by atoms with Crippen molar-refractivity contribution >= 4 is 22.1 Å². The molecule has 0 unspecified atom stereocenters. The quantitative estimate of drug-likeness (QED) is 0.377. The predicted octanol–water partition coefficient (Wildman–Crippen LogP) is 3.80. The molecule has 10 nitrogen and oxygen atoms in total. The fourth-order valence-corrected chi connectivity index (χ4v) is 5.84. The maximum atomic E-state index is 15.5. The number of aryl methyl sites for hydroxylation is 3. The van der Waals surface area contributed by atoms with Gasteiger partial charge in [0.15, 0.2) is 0 Å². The lowest BCUT2D eigenvalue weighted by molar-refractivity contribution is 0.0538. The summed E-state index contributed by atoms with van der Waals surface area (Å²) >= 11 is 0. The zero-order valence-electron chi connectivity index (χ0n) is 22.2. The fraction of sp³-hybridized carbons (Fsp3) is 0.444. The van der Waals surface area contributed by atoms with Crippen LogP contribution in [0.4, 0.5) is 4.39 Å². The molecule has 0 saturated carbocycles. The molecule has 0 spiro atoms. The van der Waals surface area contributed by atoms with Crippen LogP contribution in [0.25, 0.3) is 33.3 Å². The molecule has 38 heavy (non-hydrogen) atoms. The van der Waals surface area contributed by atoms with Crippen LogP contribution in [0.3, 0.4) is 0 Å². The number of aromatic nitrogens is 8. The van der Waals surface area contributed by atoms with Gasteiger partial charge in [-0.05, 0) is 57.7 Å². The van der Waals surface area contributed by atoms with Gasteiger partial charge in [-0.1, -0.05) is 5.21 Å². The molecule has 11 heteroatoms. The number of hydrogen-bond donors (Lipinski definition) is 1. The average molecular weight is 519 g/mol. The van der Waals surface area contributed by atoms with Crippen molar-refractivity contribution in [2.75, 3.05) is 13.2 Å². The maximum Gasteiger partial charge on any atom is 0.146 e. The number of nitrogens with zero attached hydrogens (tertiary/aromatic N) is 8. The van der Waals surface area contributed by atoms with Gasteiger partial charge in [0.2, 0.25) is 0 Å². The summed E-state index contributed by atoms with van der Waals surface area (Å²) in [6.45, 7) is 6.52. The molecule has 0 radical (unpaired) electrons. The molecule has 0 bridgehead atoms. The molecule has 1 aliphatic rings. The second-order valence-electron chi connectivity index (χ2n) is 10.6. The minimum Gasteiger partial charge on any atom is -0.384 e. The normalized spacial score (nSPS) is 16.1. The van der Waals surface area contributed by atoms with Gasteiger partial charge in [-0.3, -0.25) is 14.6 Å². The molecule has 1 fully saturated rings. The van der Waals surface area contributed by atoms with E-state index >= 15 is 4.39 Å². The molecule has 0 amide bonds. The molecular formula is C27H31FN8O2. The molecule has 1 N–H and O–H groups in total. The van der Waals surface area contributed by atoms with Crippen molar-refractivity contribution in [3.63, 3.8) is 0 Å². The highest BCUT2D eigenvalue weighted by atomic mass is 19.1. The van der Waals surface area contributed by atoms with Crippen molar-refractivity contribution in [3.8, 4) is 11.3 Å². The molecule has 1 saturated heterocycles. The van der Waals surface area contributed by atoms with Crippen LogP contribution in [0, 0.1) is 18.7 Å². The average Bonchev–Trinajstić information content (AvgIpc) is 3.52. The second-order valence-corrected chi connectivity index (χ2v) is 10.6. The Kier molecular flexibility index (Phi) is 5.80. The van der Waals surface area contributed by atoms with Gasteiger partial charge in [-0.15, -0.1) is 5.10 Å². The third-order valence-electron chi connectivity index (χ3n) is 7.52. The minimum atomic E-state index is -1.25. The number of aliphatic hydroxyl groups is 1. The van der Waals surface area contributed by atoms with Crippen molar-refractivity contribution in [2.24, 2.45) is 20.0 Å². The second kappa shape index (κ2) is 8.95. The number of halogens is 1. The highest BCUT2D eigenvalue weighted by molar-refractivity contribution is 6.06. The molecule has 198 valence electrons. The summed E-state index contributed by atoms with van der Waals surface area (Å²) in [4.78, 5) is 9.45. The zero-order chi connectivity index (χ0) is 26.8. The van der Waals surface area contributed by atoms with Crippen LogP contribution < -0.4 is 0 Å². The van der Waals surface area contributed by atoms with E-state index in [1.54, 1.807) is 41.7 Å². The first-order valence-electron chi connectivity index (χ1n) is 12.8. The number of rotatable bonds is 5. The van der Waals surface area contributed by atoms with Crippen molar-refractivity contribution in [1.82, 2.24) is 39.3 Å². The number of hydrogen-bond acceptors (Lipinski definition) is 7. The number of pyridine rings is 2. The number of fused-ring (bicyclic) bond motifs is 3. The Balaban J connectivity index is 1.75. The molecule has 0 aromatic carbocycles. The van der Waals surface area contributed by atoms with E-state index in [2.05, 4.69) is 25.9 Å². The van der Waals surface area contributed by atoms with Crippen molar-refractivity contribution in [2.45, 2.75) is 45.3 Å². The van der Waals surface area contributed by atoms with Crippen molar-refractivity contribution < 1.29 is 14.2 Å². The Morgan fingerprint density at radius 1 is 1.13 bits per heavy atom. The molecule has 5 aromatic rings. The summed E-state index contributed by atoms with van der Waals surface area (Å²) in [6.07, 6.45) is 4.93. The lowest BCUT2D eigenvalue weighted by Gasteiger charge is -2.32. The Morgan fingerprint density at radius 2 is 1.89 bits per heavy atom. The van der Waals surface area contributed by atoms with Gasteiger partial charge in [0.1, 0.15) is 28.1 Å². The van der Waals surface area contributed by atoms with E-state index in [-0.39, 0.29) is 11.7 Å². The summed E-state index contributed by atoms with van der Waals surface area (Å²) in [5, 5.41) is 24.3. The lowest BCUT2D eigenvalue weighted by atomic mass is 9.88. The highest BCUT2D eigenvalue weighted by Crippen LogP contribution is 2.43. The first-order valence-corrected chi connectivity index (χ1v) is 12.8. The summed E-state index contributed by atoms with van der Waals surface area (Å²) < 4.78 is 26.8. The first kappa shape index (κ1) is 24.6. The van der Waals surface area contributed by atoms with Crippen LogP contribution in [-0.2, 0) is 24.4 Å². The van der Waals surface area contributed by atoms with Crippen LogP contribution in [0.2, 0.25) is 0 Å². The number of ether oxygens (including phenoxy) is 1. The summed E-state index contributed by atoms with van der Waals surface area (Å²) in [7, 11) is 3.69. The van der Waals surface area contributed by atoms with Gasteiger partial charge >= 0.3 is 0 Å². The van der Waals surface area contributed by atoms with E-state index in [4.69, 9.17) is 14.8 Å². The maximum absolute atomic E-state index is 15.5.